The molecular formula is C20H32IN5O2S. The van der Waals surface area contributed by atoms with Gasteiger partial charge in [-0.1, -0.05) is 18.2 Å². The van der Waals surface area contributed by atoms with Crippen LogP contribution >= 0.6 is 24.0 Å². The van der Waals surface area contributed by atoms with E-state index in [2.05, 4.69) is 51.9 Å². The summed E-state index contributed by atoms with van der Waals surface area (Å²) in [5.41, 5.74) is 3.75. The Kier molecular flexibility index (Phi) is 8.77. The maximum atomic E-state index is 12.0. The van der Waals surface area contributed by atoms with Gasteiger partial charge in [0.1, 0.15) is 0 Å². The standard InChI is InChI=1S/C20H31N5O2S.HI/c1-4-28(26,27)25-12-9-17(10-13-25)24-20(21-3)22-11-8-16-14-23-19-15(2)6-5-7-18(16)19;/h5-7,14,17,23H,4,8-13H2,1-3H3,(H2,21,22,24);1H. The minimum absolute atomic E-state index is 0. The number of H-pyrrole nitrogens is 1. The Hall–Kier alpha value is -1.33. The first-order valence-electron chi connectivity index (χ1n) is 9.95. The summed E-state index contributed by atoms with van der Waals surface area (Å²) in [7, 11) is -1.32. The third kappa shape index (κ3) is 5.85. The number of hydrogen-bond donors (Lipinski definition) is 3. The predicted molar refractivity (Wildman–Crippen MR) is 131 cm³/mol. The Balaban J connectivity index is 0.00000300. The Bertz CT molecular complexity index is 933. The first kappa shape index (κ1) is 23.9. The zero-order valence-corrected chi connectivity index (χ0v) is 20.5. The second-order valence-electron chi connectivity index (χ2n) is 7.28. The second-order valence-corrected chi connectivity index (χ2v) is 9.54. The number of nitrogens with zero attached hydrogens (tertiary/aromatic N) is 2. The van der Waals surface area contributed by atoms with Gasteiger partial charge in [-0.25, -0.2) is 12.7 Å². The van der Waals surface area contributed by atoms with Crippen LogP contribution in [0.5, 0.6) is 0 Å². The number of halogens is 1. The van der Waals surface area contributed by atoms with E-state index >= 15 is 0 Å². The van der Waals surface area contributed by atoms with E-state index < -0.39 is 10.0 Å². The van der Waals surface area contributed by atoms with Crippen LogP contribution in [0.15, 0.2) is 29.4 Å². The van der Waals surface area contributed by atoms with E-state index in [1.807, 2.05) is 0 Å². The molecular weight excluding hydrogens is 501 g/mol. The summed E-state index contributed by atoms with van der Waals surface area (Å²) in [5, 5.41) is 8.08. The van der Waals surface area contributed by atoms with Gasteiger partial charge < -0.3 is 15.6 Å². The fourth-order valence-electron chi connectivity index (χ4n) is 3.74. The Morgan fingerprint density at radius 1 is 1.31 bits per heavy atom. The van der Waals surface area contributed by atoms with Crippen molar-refractivity contribution in [3.8, 4) is 0 Å². The number of sulfonamides is 1. The van der Waals surface area contributed by atoms with Gasteiger partial charge in [-0.2, -0.15) is 0 Å². The van der Waals surface area contributed by atoms with E-state index in [1.165, 1.54) is 22.0 Å². The molecule has 0 spiro atoms. The summed E-state index contributed by atoms with van der Waals surface area (Å²) in [5.74, 6) is 0.939. The normalized spacial score (nSPS) is 16.6. The number of para-hydroxylation sites is 1. The number of aromatic amines is 1. The highest BCUT2D eigenvalue weighted by molar-refractivity contribution is 14.0. The van der Waals surface area contributed by atoms with E-state index in [0.29, 0.717) is 13.1 Å². The zero-order valence-electron chi connectivity index (χ0n) is 17.4. The summed E-state index contributed by atoms with van der Waals surface area (Å²) >= 11 is 0. The highest BCUT2D eigenvalue weighted by Crippen LogP contribution is 2.21. The van der Waals surface area contributed by atoms with Gasteiger partial charge >= 0.3 is 0 Å². The van der Waals surface area contributed by atoms with Crippen molar-refractivity contribution in [1.82, 2.24) is 19.9 Å². The number of piperidine rings is 1. The molecule has 162 valence electrons. The molecule has 1 aromatic heterocycles. The van der Waals surface area contributed by atoms with Crippen LogP contribution in [-0.2, 0) is 16.4 Å². The largest absolute Gasteiger partial charge is 0.361 e. The molecule has 2 heterocycles. The van der Waals surface area contributed by atoms with E-state index in [1.54, 1.807) is 18.3 Å². The number of aliphatic imine (C=N–C) groups is 1. The number of benzene rings is 1. The average Bonchev–Trinajstić information content (AvgIpc) is 3.12. The lowest BCUT2D eigenvalue weighted by atomic mass is 10.1. The zero-order chi connectivity index (χ0) is 20.1. The van der Waals surface area contributed by atoms with Crippen molar-refractivity contribution in [1.29, 1.82) is 0 Å². The molecule has 0 amide bonds. The maximum absolute atomic E-state index is 12.0. The Labute approximate surface area is 190 Å². The molecule has 0 unspecified atom stereocenters. The van der Waals surface area contributed by atoms with Gasteiger partial charge in [-0.05, 0) is 44.2 Å². The molecule has 29 heavy (non-hydrogen) atoms. The average molecular weight is 533 g/mol. The van der Waals surface area contributed by atoms with Gasteiger partial charge in [0.25, 0.3) is 0 Å². The van der Waals surface area contributed by atoms with Crippen LogP contribution in [0, 0.1) is 6.92 Å². The lowest BCUT2D eigenvalue weighted by Crippen LogP contribution is -2.50. The molecule has 1 fully saturated rings. The summed E-state index contributed by atoms with van der Waals surface area (Å²) < 4.78 is 25.5. The number of aryl methyl sites for hydroxylation is 1. The highest BCUT2D eigenvalue weighted by atomic mass is 127. The third-order valence-corrected chi connectivity index (χ3v) is 7.35. The van der Waals surface area contributed by atoms with Gasteiger partial charge in [0, 0.05) is 49.8 Å². The summed E-state index contributed by atoms with van der Waals surface area (Å²) in [4.78, 5) is 7.68. The molecule has 9 heteroatoms. The number of nitrogens with one attached hydrogen (secondary N) is 3. The molecule has 0 saturated carbocycles. The van der Waals surface area contributed by atoms with Crippen LogP contribution in [0.25, 0.3) is 10.9 Å². The van der Waals surface area contributed by atoms with Crippen molar-refractivity contribution in [2.45, 2.75) is 39.2 Å². The molecule has 1 aromatic carbocycles. The van der Waals surface area contributed by atoms with Crippen molar-refractivity contribution in [2.75, 3.05) is 32.4 Å². The van der Waals surface area contributed by atoms with Crippen LogP contribution in [0.3, 0.4) is 0 Å². The number of guanidine groups is 1. The van der Waals surface area contributed by atoms with Crippen LogP contribution in [0.2, 0.25) is 0 Å². The second kappa shape index (κ2) is 10.6. The number of aromatic nitrogens is 1. The molecule has 7 nitrogen and oxygen atoms in total. The van der Waals surface area contributed by atoms with Gasteiger partial charge in [-0.15, -0.1) is 24.0 Å². The van der Waals surface area contributed by atoms with Crippen LogP contribution in [-0.4, -0.2) is 62.1 Å². The molecule has 0 atom stereocenters. The van der Waals surface area contributed by atoms with Crippen molar-refractivity contribution in [3.05, 3.63) is 35.5 Å². The van der Waals surface area contributed by atoms with Gasteiger partial charge in [0.05, 0.1) is 5.75 Å². The fourth-order valence-corrected chi connectivity index (χ4v) is 4.87. The Morgan fingerprint density at radius 3 is 2.69 bits per heavy atom. The molecule has 0 radical (unpaired) electrons. The van der Waals surface area contributed by atoms with Gasteiger partial charge in [0.2, 0.25) is 10.0 Å². The monoisotopic (exact) mass is 533 g/mol. The topological polar surface area (TPSA) is 89.6 Å². The van der Waals surface area contributed by atoms with Crippen molar-refractivity contribution >= 4 is 50.9 Å². The van der Waals surface area contributed by atoms with Crippen molar-refractivity contribution < 1.29 is 8.42 Å². The molecule has 3 rings (SSSR count). The van der Waals surface area contributed by atoms with Crippen LogP contribution in [0.4, 0.5) is 0 Å². The molecule has 1 saturated heterocycles. The van der Waals surface area contributed by atoms with E-state index in [4.69, 9.17) is 0 Å². The first-order valence-corrected chi connectivity index (χ1v) is 11.6. The minimum Gasteiger partial charge on any atom is -0.361 e. The summed E-state index contributed by atoms with van der Waals surface area (Å²) in [6.45, 7) is 5.73. The molecule has 1 aliphatic rings. The van der Waals surface area contributed by atoms with Gasteiger partial charge in [0.15, 0.2) is 5.96 Å². The fraction of sp³-hybridized carbons (Fsp3) is 0.550. The molecule has 3 N–H and O–H groups in total. The lowest BCUT2D eigenvalue weighted by molar-refractivity contribution is 0.306. The number of hydrogen-bond acceptors (Lipinski definition) is 3. The van der Waals surface area contributed by atoms with Crippen molar-refractivity contribution in [2.24, 2.45) is 4.99 Å². The smallest absolute Gasteiger partial charge is 0.213 e. The maximum Gasteiger partial charge on any atom is 0.213 e. The molecule has 2 aromatic rings. The summed E-state index contributed by atoms with van der Waals surface area (Å²) in [6.07, 6.45) is 4.57. The molecule has 1 aliphatic heterocycles. The van der Waals surface area contributed by atoms with Gasteiger partial charge in [-0.3, -0.25) is 4.99 Å². The highest BCUT2D eigenvalue weighted by Gasteiger charge is 2.26. The van der Waals surface area contributed by atoms with E-state index in [-0.39, 0.29) is 35.8 Å². The predicted octanol–water partition coefficient (Wildman–Crippen LogP) is 2.62. The van der Waals surface area contributed by atoms with Crippen molar-refractivity contribution in [3.63, 3.8) is 0 Å². The lowest BCUT2D eigenvalue weighted by Gasteiger charge is -2.32. The van der Waals surface area contributed by atoms with Crippen LogP contribution < -0.4 is 10.6 Å². The molecule has 0 aliphatic carbocycles. The van der Waals surface area contributed by atoms with E-state index in [0.717, 1.165) is 31.8 Å². The third-order valence-electron chi connectivity index (χ3n) is 5.47. The SMILES string of the molecule is CCS(=O)(=O)N1CCC(NC(=NC)NCCc2c[nH]c3c(C)cccc23)CC1.I. The Morgan fingerprint density at radius 2 is 2.03 bits per heavy atom. The number of rotatable bonds is 6. The molecule has 0 bridgehead atoms. The first-order chi connectivity index (χ1) is 13.4. The van der Waals surface area contributed by atoms with Crippen LogP contribution in [0.1, 0.15) is 30.9 Å². The quantitative estimate of drug-likeness (QED) is 0.303. The number of fused-ring (bicyclic) bond motifs is 1. The summed E-state index contributed by atoms with van der Waals surface area (Å²) in [6, 6.07) is 6.60. The van der Waals surface area contributed by atoms with E-state index in [9.17, 15) is 8.42 Å². The minimum atomic E-state index is -3.08.